The first kappa shape index (κ1) is 26.3. The highest BCUT2D eigenvalue weighted by Crippen LogP contribution is 2.32. The van der Waals surface area contributed by atoms with Crippen LogP contribution < -0.4 is 9.64 Å². The van der Waals surface area contributed by atoms with Crippen molar-refractivity contribution >= 4 is 27.8 Å². The molecule has 38 heavy (non-hydrogen) atoms. The molecule has 0 radical (unpaired) electrons. The summed E-state index contributed by atoms with van der Waals surface area (Å²) in [5, 5.41) is 0. The number of ketones is 1. The summed E-state index contributed by atoms with van der Waals surface area (Å²) in [6, 6.07) is 14.6. The molecular formula is C29H30F3N3O2S. The second kappa shape index (κ2) is 10.8. The fourth-order valence-electron chi connectivity index (χ4n) is 5.21. The third-order valence-electron chi connectivity index (χ3n) is 7.14. The van der Waals surface area contributed by atoms with Gasteiger partial charge < -0.3 is 9.64 Å². The molecule has 0 unspecified atom stereocenters. The van der Waals surface area contributed by atoms with E-state index in [4.69, 9.17) is 0 Å². The number of anilines is 1. The first-order chi connectivity index (χ1) is 18.2. The molecule has 2 aromatic heterocycles. The molecule has 9 heteroatoms. The number of thiazole rings is 1. The van der Waals surface area contributed by atoms with Crippen molar-refractivity contribution in [2.24, 2.45) is 0 Å². The normalized spacial score (nSPS) is 14.8. The highest BCUT2D eigenvalue weighted by Gasteiger charge is 2.31. The molecule has 4 aromatic rings. The van der Waals surface area contributed by atoms with Gasteiger partial charge in [0.05, 0.1) is 5.69 Å². The first-order valence-electron chi connectivity index (χ1n) is 12.9. The number of hydrogen-bond acceptors (Lipinski definition) is 5. The van der Waals surface area contributed by atoms with E-state index in [2.05, 4.69) is 38.9 Å². The van der Waals surface area contributed by atoms with Crippen LogP contribution in [0.1, 0.15) is 64.3 Å². The molecule has 1 saturated heterocycles. The van der Waals surface area contributed by atoms with Gasteiger partial charge in [-0.25, -0.2) is 4.98 Å². The van der Waals surface area contributed by atoms with Crippen LogP contribution >= 0.6 is 11.3 Å². The molecule has 2 aromatic carbocycles. The van der Waals surface area contributed by atoms with Crippen molar-refractivity contribution in [1.29, 1.82) is 0 Å². The summed E-state index contributed by atoms with van der Waals surface area (Å²) in [7, 11) is 0. The number of piperidine rings is 1. The zero-order valence-electron chi connectivity index (χ0n) is 21.4. The van der Waals surface area contributed by atoms with E-state index in [0.717, 1.165) is 64.7 Å². The van der Waals surface area contributed by atoms with Crippen LogP contribution in [0.15, 0.2) is 54.7 Å². The summed E-state index contributed by atoms with van der Waals surface area (Å²) in [5.41, 5.74) is 4.89. The highest BCUT2D eigenvalue weighted by molar-refractivity contribution is 7.17. The van der Waals surface area contributed by atoms with Gasteiger partial charge in [0.25, 0.3) is 0 Å². The number of imidazole rings is 1. The number of nitrogens with zero attached hydrogens (tertiary/aromatic N) is 3. The lowest BCUT2D eigenvalue weighted by Gasteiger charge is -2.34. The van der Waals surface area contributed by atoms with Crippen LogP contribution in [0.25, 0.3) is 4.96 Å². The minimum atomic E-state index is -4.67. The molecule has 3 heterocycles. The Morgan fingerprint density at radius 2 is 1.76 bits per heavy atom. The van der Waals surface area contributed by atoms with E-state index in [1.807, 2.05) is 24.4 Å². The first-order valence-corrected chi connectivity index (χ1v) is 13.7. The van der Waals surface area contributed by atoms with E-state index in [9.17, 15) is 18.0 Å². The number of benzene rings is 2. The monoisotopic (exact) mass is 541 g/mol. The zero-order valence-corrected chi connectivity index (χ0v) is 22.2. The summed E-state index contributed by atoms with van der Waals surface area (Å²) in [6.07, 6.45) is 1.02. The summed E-state index contributed by atoms with van der Waals surface area (Å²) >= 11 is 1.60. The number of fused-ring (bicyclic) bond motifs is 1. The average Bonchev–Trinajstić information content (AvgIpc) is 3.42. The molecule has 0 spiro atoms. The molecule has 0 bridgehead atoms. The Bertz CT molecular complexity index is 1400. The number of carbonyl (C=O) groups excluding carboxylic acids is 1. The van der Waals surface area contributed by atoms with Gasteiger partial charge in [-0.15, -0.1) is 24.5 Å². The van der Waals surface area contributed by atoms with E-state index < -0.39 is 6.36 Å². The molecule has 1 fully saturated rings. The molecule has 1 aliphatic heterocycles. The van der Waals surface area contributed by atoms with Gasteiger partial charge in [-0.05, 0) is 73.9 Å². The van der Waals surface area contributed by atoms with E-state index in [-0.39, 0.29) is 11.5 Å². The Kier molecular flexibility index (Phi) is 7.47. The molecular weight excluding hydrogens is 511 g/mol. The highest BCUT2D eigenvalue weighted by atomic mass is 32.1. The SMILES string of the molecule is CCc1nc2sc(C)cn2c1C(=O)CCc1ccc(N2CCC(c3ccc(OC(F)(F)F)cc3)CC2)cc1. The minimum Gasteiger partial charge on any atom is -0.406 e. The number of ether oxygens (including phenoxy) is 1. The lowest BCUT2D eigenvalue weighted by atomic mass is 9.89. The van der Waals surface area contributed by atoms with E-state index in [0.29, 0.717) is 24.5 Å². The number of Topliss-reactive ketones (excluding diaryl/α,β-unsaturated/α-hetero) is 1. The fourth-order valence-corrected chi connectivity index (χ4v) is 6.05. The van der Waals surface area contributed by atoms with Crippen LogP contribution in [0.5, 0.6) is 5.75 Å². The van der Waals surface area contributed by atoms with Crippen molar-refractivity contribution in [3.63, 3.8) is 0 Å². The number of rotatable bonds is 8. The number of hydrogen-bond donors (Lipinski definition) is 0. The zero-order chi connectivity index (χ0) is 26.9. The van der Waals surface area contributed by atoms with Gasteiger partial charge in [0.1, 0.15) is 11.4 Å². The van der Waals surface area contributed by atoms with Gasteiger partial charge in [0.2, 0.25) is 0 Å². The Morgan fingerprint density at radius 3 is 2.39 bits per heavy atom. The maximum Gasteiger partial charge on any atom is 0.573 e. The van der Waals surface area contributed by atoms with Gasteiger partial charge in [0, 0.05) is 36.3 Å². The standard InChI is InChI=1S/C29H30F3N3O2S/c1-3-25-27(35-18-19(2)38-28(35)33-25)26(36)13-6-20-4-9-23(10-5-20)34-16-14-22(15-17-34)21-7-11-24(12-8-21)37-29(30,31)32/h4-5,7-12,18,22H,3,6,13-17H2,1-2H3. The second-order valence-corrected chi connectivity index (χ2v) is 10.9. The minimum absolute atomic E-state index is 0.122. The lowest BCUT2D eigenvalue weighted by molar-refractivity contribution is -0.274. The van der Waals surface area contributed by atoms with Crippen molar-refractivity contribution in [3.8, 4) is 5.75 Å². The molecule has 1 aliphatic rings. The van der Waals surface area contributed by atoms with Crippen LogP contribution in [0.2, 0.25) is 0 Å². The van der Waals surface area contributed by atoms with Gasteiger partial charge in [-0.2, -0.15) is 0 Å². The van der Waals surface area contributed by atoms with Gasteiger partial charge in [0.15, 0.2) is 10.7 Å². The number of halogens is 3. The molecule has 0 atom stereocenters. The molecule has 0 saturated carbocycles. The van der Waals surface area contributed by atoms with Crippen molar-refractivity contribution < 1.29 is 22.7 Å². The number of aryl methyl sites for hydroxylation is 3. The Balaban J connectivity index is 1.15. The van der Waals surface area contributed by atoms with Crippen LogP contribution in [0, 0.1) is 6.92 Å². The smallest absolute Gasteiger partial charge is 0.406 e. The van der Waals surface area contributed by atoms with E-state index in [1.165, 1.54) is 12.1 Å². The summed E-state index contributed by atoms with van der Waals surface area (Å²) < 4.78 is 43.1. The second-order valence-electron chi connectivity index (χ2n) is 9.72. The molecule has 5 rings (SSSR count). The van der Waals surface area contributed by atoms with Gasteiger partial charge >= 0.3 is 6.36 Å². The number of alkyl halides is 3. The third-order valence-corrected chi connectivity index (χ3v) is 8.03. The molecule has 200 valence electrons. The fraction of sp³-hybridized carbons (Fsp3) is 0.379. The average molecular weight is 542 g/mol. The van der Waals surface area contributed by atoms with Crippen LogP contribution in [0.4, 0.5) is 18.9 Å². The van der Waals surface area contributed by atoms with E-state index >= 15 is 0 Å². The predicted molar refractivity (Wildman–Crippen MR) is 144 cm³/mol. The Morgan fingerprint density at radius 1 is 1.08 bits per heavy atom. The van der Waals surface area contributed by atoms with Crippen LogP contribution in [-0.2, 0) is 12.8 Å². The van der Waals surface area contributed by atoms with E-state index in [1.54, 1.807) is 23.5 Å². The summed E-state index contributed by atoms with van der Waals surface area (Å²) in [4.78, 5) is 22.1. The van der Waals surface area contributed by atoms with Gasteiger partial charge in [-0.1, -0.05) is 31.2 Å². The topological polar surface area (TPSA) is 46.8 Å². The Labute approximate surface area is 223 Å². The maximum atomic E-state index is 13.1. The molecule has 0 amide bonds. The summed E-state index contributed by atoms with van der Waals surface area (Å²) in [5.74, 6) is 0.245. The largest absolute Gasteiger partial charge is 0.573 e. The number of carbonyl (C=O) groups is 1. The molecule has 0 aliphatic carbocycles. The van der Waals surface area contributed by atoms with Crippen LogP contribution in [-0.4, -0.2) is 34.6 Å². The third kappa shape index (κ3) is 5.88. The molecule has 5 nitrogen and oxygen atoms in total. The lowest BCUT2D eigenvalue weighted by Crippen LogP contribution is -2.32. The quantitative estimate of drug-likeness (QED) is 0.219. The van der Waals surface area contributed by atoms with Crippen molar-refractivity contribution in [1.82, 2.24) is 9.38 Å². The summed E-state index contributed by atoms with van der Waals surface area (Å²) in [6.45, 7) is 5.80. The Hall–Kier alpha value is -3.33. The van der Waals surface area contributed by atoms with Crippen molar-refractivity contribution in [2.75, 3.05) is 18.0 Å². The molecule has 0 N–H and O–H groups in total. The predicted octanol–water partition coefficient (Wildman–Crippen LogP) is 7.36. The van der Waals surface area contributed by atoms with Crippen molar-refractivity contribution in [3.05, 3.63) is 82.1 Å². The van der Waals surface area contributed by atoms with Gasteiger partial charge in [-0.3, -0.25) is 9.20 Å². The maximum absolute atomic E-state index is 13.1. The number of aromatic nitrogens is 2. The van der Waals surface area contributed by atoms with Crippen LogP contribution in [0.3, 0.4) is 0 Å². The van der Waals surface area contributed by atoms with Crippen molar-refractivity contribution in [2.45, 2.75) is 58.2 Å².